The predicted octanol–water partition coefficient (Wildman–Crippen LogP) is 1.73. The lowest BCUT2D eigenvalue weighted by atomic mass is 10.2. The summed E-state index contributed by atoms with van der Waals surface area (Å²) in [4.78, 5) is 1.84. The molecule has 0 saturated heterocycles. The Morgan fingerprint density at radius 2 is 2.14 bits per heavy atom. The molecule has 0 saturated carbocycles. The topological polar surface area (TPSA) is 50.8 Å². The molecule has 0 aliphatic rings. The van der Waals surface area contributed by atoms with Gasteiger partial charge in [0.1, 0.15) is 6.54 Å². The fraction of sp³-hybridized carbons (Fsp3) is 0.273. The molecule has 1 radical (unpaired) electrons. The first-order valence-electron chi connectivity index (χ1n) is 4.34. The number of hydrogen-bond donors (Lipinski definition) is 0. The Hall–Kier alpha value is -2.00. The second-order valence-electron chi connectivity index (χ2n) is 2.74. The van der Waals surface area contributed by atoms with E-state index in [1.807, 2.05) is 23.1 Å². The molecular formula is C11H10N3. The van der Waals surface area contributed by atoms with Crippen LogP contribution in [0.4, 0.5) is 5.69 Å². The van der Waals surface area contributed by atoms with Crippen LogP contribution in [0.15, 0.2) is 24.3 Å². The maximum absolute atomic E-state index is 8.61. The molecule has 0 bridgehead atoms. The van der Waals surface area contributed by atoms with E-state index >= 15 is 0 Å². The number of anilines is 1. The van der Waals surface area contributed by atoms with Crippen LogP contribution >= 0.6 is 0 Å². The normalized spacial score (nSPS) is 8.71. The second kappa shape index (κ2) is 5.61. The molecule has 69 valence electrons. The first-order chi connectivity index (χ1) is 6.88. The second-order valence-corrected chi connectivity index (χ2v) is 2.74. The van der Waals surface area contributed by atoms with E-state index in [0.29, 0.717) is 19.5 Å². The molecule has 0 aliphatic heterocycles. The molecule has 0 aliphatic carbocycles. The number of benzene rings is 1. The summed E-state index contributed by atoms with van der Waals surface area (Å²) in [7, 11) is 0. The molecule has 14 heavy (non-hydrogen) atoms. The lowest BCUT2D eigenvalue weighted by Crippen LogP contribution is -2.24. The molecular weight excluding hydrogens is 174 g/mol. The van der Waals surface area contributed by atoms with Gasteiger partial charge in [-0.2, -0.15) is 10.5 Å². The molecule has 0 amide bonds. The molecule has 1 aromatic carbocycles. The average molecular weight is 184 g/mol. The highest BCUT2D eigenvalue weighted by atomic mass is 15.1. The molecule has 0 N–H and O–H groups in total. The molecule has 0 aromatic heterocycles. The minimum Gasteiger partial charge on any atom is -0.357 e. The third-order valence-electron chi connectivity index (χ3n) is 1.79. The van der Waals surface area contributed by atoms with E-state index in [2.05, 4.69) is 18.2 Å². The van der Waals surface area contributed by atoms with E-state index in [1.54, 1.807) is 6.07 Å². The van der Waals surface area contributed by atoms with Crippen molar-refractivity contribution in [3.8, 4) is 12.1 Å². The van der Waals surface area contributed by atoms with Gasteiger partial charge in [0.25, 0.3) is 0 Å². The number of para-hydroxylation sites is 1. The molecule has 0 spiro atoms. The van der Waals surface area contributed by atoms with Crippen LogP contribution < -0.4 is 4.90 Å². The van der Waals surface area contributed by atoms with Crippen LogP contribution in [0.5, 0.6) is 0 Å². The molecule has 0 fully saturated rings. The van der Waals surface area contributed by atoms with E-state index in [4.69, 9.17) is 10.5 Å². The Labute approximate surface area is 83.8 Å². The van der Waals surface area contributed by atoms with Crippen molar-refractivity contribution in [2.45, 2.75) is 6.42 Å². The van der Waals surface area contributed by atoms with E-state index in [1.165, 1.54) is 0 Å². The van der Waals surface area contributed by atoms with Crippen LogP contribution in [0.2, 0.25) is 0 Å². The molecule has 3 heteroatoms. The van der Waals surface area contributed by atoms with Gasteiger partial charge in [0, 0.05) is 18.3 Å². The van der Waals surface area contributed by atoms with Crippen LogP contribution in [0.25, 0.3) is 0 Å². The Kier molecular flexibility index (Phi) is 4.04. The van der Waals surface area contributed by atoms with Crippen LogP contribution in [-0.2, 0) is 0 Å². The minimum atomic E-state index is 0.294. The summed E-state index contributed by atoms with van der Waals surface area (Å²) in [5, 5.41) is 17.1. The van der Waals surface area contributed by atoms with Crippen molar-refractivity contribution in [1.29, 1.82) is 10.5 Å². The zero-order chi connectivity index (χ0) is 10.2. The monoisotopic (exact) mass is 184 g/mol. The highest BCUT2D eigenvalue weighted by Gasteiger charge is 2.03. The maximum Gasteiger partial charge on any atom is 0.105 e. The van der Waals surface area contributed by atoms with Gasteiger partial charge in [-0.05, 0) is 6.07 Å². The van der Waals surface area contributed by atoms with Gasteiger partial charge < -0.3 is 4.90 Å². The number of rotatable bonds is 4. The quantitative estimate of drug-likeness (QED) is 0.669. The molecule has 1 aromatic rings. The summed E-state index contributed by atoms with van der Waals surface area (Å²) in [5.41, 5.74) is 0.865. The minimum absolute atomic E-state index is 0.294. The van der Waals surface area contributed by atoms with Gasteiger partial charge in [-0.25, -0.2) is 0 Å². The van der Waals surface area contributed by atoms with Gasteiger partial charge >= 0.3 is 0 Å². The highest BCUT2D eigenvalue weighted by molar-refractivity contribution is 5.45. The summed E-state index contributed by atoms with van der Waals surface area (Å²) >= 11 is 0. The van der Waals surface area contributed by atoms with Crippen molar-refractivity contribution >= 4 is 5.69 Å². The van der Waals surface area contributed by atoms with Crippen molar-refractivity contribution in [3.05, 3.63) is 30.3 Å². The zero-order valence-corrected chi connectivity index (χ0v) is 7.77. The predicted molar refractivity (Wildman–Crippen MR) is 53.3 cm³/mol. The average Bonchev–Trinajstić information content (AvgIpc) is 2.25. The SMILES string of the molecule is N#CCCN(CC#N)c1[c]cccc1. The number of hydrogen-bond acceptors (Lipinski definition) is 3. The van der Waals surface area contributed by atoms with Crippen LogP contribution in [0, 0.1) is 28.7 Å². The van der Waals surface area contributed by atoms with Gasteiger partial charge in [0.05, 0.1) is 18.6 Å². The maximum atomic E-state index is 8.61. The summed E-state index contributed by atoms with van der Waals surface area (Å²) in [6, 6.07) is 14.6. The lowest BCUT2D eigenvalue weighted by Gasteiger charge is -2.19. The summed E-state index contributed by atoms with van der Waals surface area (Å²) in [6.45, 7) is 0.868. The van der Waals surface area contributed by atoms with Gasteiger partial charge in [0.15, 0.2) is 0 Å². The molecule has 0 unspecified atom stereocenters. The number of nitrogens with zero attached hydrogens (tertiary/aromatic N) is 3. The number of nitriles is 2. The van der Waals surface area contributed by atoms with E-state index in [-0.39, 0.29) is 0 Å². The van der Waals surface area contributed by atoms with E-state index < -0.39 is 0 Å². The van der Waals surface area contributed by atoms with Crippen molar-refractivity contribution in [1.82, 2.24) is 0 Å². The Morgan fingerprint density at radius 1 is 1.29 bits per heavy atom. The fourth-order valence-electron chi connectivity index (χ4n) is 1.14. The highest BCUT2D eigenvalue weighted by Crippen LogP contribution is 2.11. The summed E-state index contributed by atoms with van der Waals surface area (Å²) in [5.74, 6) is 0. The van der Waals surface area contributed by atoms with Gasteiger partial charge in [-0.15, -0.1) is 0 Å². The van der Waals surface area contributed by atoms with Crippen molar-refractivity contribution in [2.24, 2.45) is 0 Å². The Balaban J connectivity index is 2.69. The fourth-order valence-corrected chi connectivity index (χ4v) is 1.14. The third kappa shape index (κ3) is 2.80. The largest absolute Gasteiger partial charge is 0.357 e. The van der Waals surface area contributed by atoms with Crippen LogP contribution in [-0.4, -0.2) is 13.1 Å². The van der Waals surface area contributed by atoms with Crippen molar-refractivity contribution in [2.75, 3.05) is 18.0 Å². The molecule has 0 heterocycles. The smallest absolute Gasteiger partial charge is 0.105 e. The van der Waals surface area contributed by atoms with Crippen LogP contribution in [0.1, 0.15) is 6.42 Å². The first-order valence-corrected chi connectivity index (χ1v) is 4.34. The van der Waals surface area contributed by atoms with E-state index in [0.717, 1.165) is 5.69 Å². The third-order valence-corrected chi connectivity index (χ3v) is 1.79. The van der Waals surface area contributed by atoms with Gasteiger partial charge in [-0.3, -0.25) is 0 Å². The van der Waals surface area contributed by atoms with E-state index in [9.17, 15) is 0 Å². The molecule has 0 atom stereocenters. The Morgan fingerprint density at radius 3 is 2.71 bits per heavy atom. The first kappa shape index (κ1) is 10.1. The van der Waals surface area contributed by atoms with Crippen LogP contribution in [0.3, 0.4) is 0 Å². The van der Waals surface area contributed by atoms with Gasteiger partial charge in [-0.1, -0.05) is 18.2 Å². The standard InChI is InChI=1S/C11H10N3/c12-7-4-9-14(10-8-13)11-5-2-1-3-6-11/h1-3,5H,4,9-10H2. The zero-order valence-electron chi connectivity index (χ0n) is 7.77. The molecule has 3 nitrogen and oxygen atoms in total. The molecule has 1 rings (SSSR count). The van der Waals surface area contributed by atoms with Gasteiger partial charge in [0.2, 0.25) is 0 Å². The lowest BCUT2D eigenvalue weighted by molar-refractivity contribution is 0.862. The Bertz CT molecular complexity index is 345. The van der Waals surface area contributed by atoms with Crippen molar-refractivity contribution < 1.29 is 0 Å². The summed E-state index contributed by atoms with van der Waals surface area (Å²) in [6.07, 6.45) is 0.421. The summed E-state index contributed by atoms with van der Waals surface area (Å²) < 4.78 is 0. The van der Waals surface area contributed by atoms with Crippen molar-refractivity contribution in [3.63, 3.8) is 0 Å².